The zero-order valence-electron chi connectivity index (χ0n) is 14.0. The van der Waals surface area contributed by atoms with Gasteiger partial charge in [-0.1, -0.05) is 24.6 Å². The summed E-state index contributed by atoms with van der Waals surface area (Å²) in [5.74, 6) is 0.690. The van der Waals surface area contributed by atoms with Crippen molar-refractivity contribution in [3.05, 3.63) is 40.9 Å². The molecule has 25 heavy (non-hydrogen) atoms. The van der Waals surface area contributed by atoms with Crippen LogP contribution in [0.15, 0.2) is 24.8 Å². The number of unbranched alkanes of at least 4 members (excludes halogenated alkanes) is 1. The molecule has 0 aliphatic heterocycles. The van der Waals surface area contributed by atoms with Gasteiger partial charge in [0.05, 0.1) is 17.5 Å². The topological polar surface area (TPSA) is 52.6 Å². The van der Waals surface area contributed by atoms with Gasteiger partial charge in [-0.15, -0.1) is 18.2 Å². The van der Waals surface area contributed by atoms with E-state index >= 15 is 0 Å². The highest BCUT2D eigenvalue weighted by molar-refractivity contribution is 8.55. The lowest BCUT2D eigenvalue weighted by Crippen LogP contribution is -2.02. The Morgan fingerprint density at radius 2 is 2.24 bits per heavy atom. The van der Waals surface area contributed by atoms with Crippen LogP contribution in [0.2, 0.25) is 5.02 Å². The number of hydrogen-bond acceptors (Lipinski definition) is 5. The van der Waals surface area contributed by atoms with Gasteiger partial charge in [-0.25, -0.2) is 4.57 Å². The van der Waals surface area contributed by atoms with E-state index in [2.05, 4.69) is 6.58 Å². The molecule has 0 amide bonds. The standard InChI is InChI=1S/C17H21Cl2O4PS/c1-3-5-6-9-22-24(21,25-10-4-2)23-15-8-7-12(18)16-13(19)11-14(20)17(15)16/h3,7-8,13H,1,4-6,9-11H2,2H3. The number of fused-ring (bicyclic) bond motifs is 1. The van der Waals surface area contributed by atoms with E-state index in [4.69, 9.17) is 32.2 Å². The van der Waals surface area contributed by atoms with E-state index in [1.165, 1.54) is 0 Å². The van der Waals surface area contributed by atoms with Crippen molar-refractivity contribution in [2.45, 2.75) is 38.0 Å². The Morgan fingerprint density at radius 3 is 2.92 bits per heavy atom. The summed E-state index contributed by atoms with van der Waals surface area (Å²) in [5.41, 5.74) is 0.865. The van der Waals surface area contributed by atoms with E-state index < -0.39 is 12.2 Å². The predicted octanol–water partition coefficient (Wildman–Crippen LogP) is 6.82. The first-order valence-electron chi connectivity index (χ1n) is 8.11. The number of allylic oxidation sites excluding steroid dienone is 1. The highest BCUT2D eigenvalue weighted by Crippen LogP contribution is 2.61. The summed E-state index contributed by atoms with van der Waals surface area (Å²) >= 11 is 13.5. The number of alkyl halides is 1. The number of rotatable bonds is 10. The maximum atomic E-state index is 13.1. The first kappa shape index (κ1) is 20.9. The lowest BCUT2D eigenvalue weighted by atomic mass is 10.1. The minimum absolute atomic E-state index is 0.156. The van der Waals surface area contributed by atoms with Crippen molar-refractivity contribution in [3.8, 4) is 5.75 Å². The first-order valence-corrected chi connectivity index (χ1v) is 12.1. The molecule has 4 nitrogen and oxygen atoms in total. The van der Waals surface area contributed by atoms with Gasteiger partial charge in [0.2, 0.25) is 0 Å². The van der Waals surface area contributed by atoms with Crippen molar-refractivity contribution in [1.82, 2.24) is 0 Å². The summed E-state index contributed by atoms with van der Waals surface area (Å²) in [7, 11) is 0. The monoisotopic (exact) mass is 422 g/mol. The van der Waals surface area contributed by atoms with Crippen molar-refractivity contribution in [1.29, 1.82) is 0 Å². The van der Waals surface area contributed by atoms with Crippen LogP contribution < -0.4 is 4.52 Å². The molecule has 2 unspecified atom stereocenters. The van der Waals surface area contributed by atoms with E-state index in [0.717, 1.165) is 24.2 Å². The average Bonchev–Trinajstić information content (AvgIpc) is 2.88. The molecule has 138 valence electrons. The molecule has 0 spiro atoms. The molecule has 0 radical (unpaired) electrons. The summed E-state index contributed by atoms with van der Waals surface area (Å²) in [6.45, 7) is 2.48. The molecule has 0 aromatic heterocycles. The fourth-order valence-corrected chi connectivity index (χ4v) is 6.54. The van der Waals surface area contributed by atoms with Crippen LogP contribution >= 0.6 is 41.4 Å². The fourth-order valence-electron chi connectivity index (χ4n) is 2.43. The van der Waals surface area contributed by atoms with Gasteiger partial charge in [-0.2, -0.15) is 0 Å². The number of Topliss-reactive ketones (excluding diaryl/α,β-unsaturated/α-hetero) is 1. The third kappa shape index (κ3) is 5.27. The van der Waals surface area contributed by atoms with Gasteiger partial charge >= 0.3 is 6.80 Å². The normalized spacial score (nSPS) is 18.7. The van der Waals surface area contributed by atoms with Crippen molar-refractivity contribution in [2.24, 2.45) is 0 Å². The number of carbonyl (C=O) groups excluding carboxylic acids is 1. The van der Waals surface area contributed by atoms with Crippen LogP contribution in [0.25, 0.3) is 0 Å². The zero-order valence-corrected chi connectivity index (χ0v) is 17.2. The first-order chi connectivity index (χ1) is 11.9. The van der Waals surface area contributed by atoms with E-state index in [1.807, 2.05) is 6.92 Å². The SMILES string of the molecule is C=CCCCOP(=O)(Oc1ccc(Cl)c2c1C(=O)CC2Cl)SCCC. The molecule has 0 N–H and O–H groups in total. The van der Waals surface area contributed by atoms with Crippen LogP contribution in [0.4, 0.5) is 0 Å². The third-order valence-corrected chi connectivity index (χ3v) is 8.14. The maximum absolute atomic E-state index is 13.1. The summed E-state index contributed by atoms with van der Waals surface area (Å²) < 4.78 is 24.4. The second kappa shape index (κ2) is 9.48. The quantitative estimate of drug-likeness (QED) is 0.179. The largest absolute Gasteiger partial charge is 0.440 e. The Bertz CT molecular complexity index is 695. The van der Waals surface area contributed by atoms with E-state index in [1.54, 1.807) is 18.2 Å². The van der Waals surface area contributed by atoms with Gasteiger partial charge in [0, 0.05) is 22.8 Å². The predicted molar refractivity (Wildman–Crippen MR) is 105 cm³/mol. The highest BCUT2D eigenvalue weighted by Gasteiger charge is 2.36. The molecule has 8 heteroatoms. The van der Waals surface area contributed by atoms with Crippen LogP contribution in [0, 0.1) is 0 Å². The molecule has 0 fully saturated rings. The van der Waals surface area contributed by atoms with Crippen LogP contribution in [-0.4, -0.2) is 18.1 Å². The molecule has 0 bridgehead atoms. The van der Waals surface area contributed by atoms with Gasteiger partial charge in [-0.3, -0.25) is 9.32 Å². The third-order valence-electron chi connectivity index (χ3n) is 3.58. The Labute approximate surface area is 162 Å². The molecular weight excluding hydrogens is 402 g/mol. The van der Waals surface area contributed by atoms with E-state index in [9.17, 15) is 9.36 Å². The fraction of sp³-hybridized carbons (Fsp3) is 0.471. The molecule has 1 aliphatic carbocycles. The second-order valence-corrected chi connectivity index (χ2v) is 10.6. The Balaban J connectivity index is 2.25. The van der Waals surface area contributed by atoms with Crippen LogP contribution in [0.1, 0.15) is 53.9 Å². The number of benzene rings is 1. The zero-order chi connectivity index (χ0) is 18.4. The van der Waals surface area contributed by atoms with Gasteiger partial charge in [0.1, 0.15) is 5.75 Å². The van der Waals surface area contributed by atoms with Crippen LogP contribution in [0.3, 0.4) is 0 Å². The molecule has 1 aromatic rings. The second-order valence-electron chi connectivity index (χ2n) is 5.56. The summed E-state index contributed by atoms with van der Waals surface area (Å²) in [6.07, 6.45) is 4.23. The summed E-state index contributed by atoms with van der Waals surface area (Å²) in [4.78, 5) is 12.3. The molecular formula is C17H21Cl2O4PS. The van der Waals surface area contributed by atoms with Crippen molar-refractivity contribution < 1.29 is 18.4 Å². The van der Waals surface area contributed by atoms with Crippen molar-refractivity contribution in [3.63, 3.8) is 0 Å². The van der Waals surface area contributed by atoms with Gasteiger partial charge in [-0.05, 0) is 42.8 Å². The van der Waals surface area contributed by atoms with Crippen molar-refractivity contribution >= 4 is 47.2 Å². The van der Waals surface area contributed by atoms with E-state index in [-0.39, 0.29) is 18.0 Å². The average molecular weight is 423 g/mol. The summed E-state index contributed by atoms with van der Waals surface area (Å²) in [6, 6.07) is 3.16. The number of carbonyl (C=O) groups is 1. The smallest absolute Gasteiger partial charge is 0.416 e. The van der Waals surface area contributed by atoms with Gasteiger partial charge in [0.25, 0.3) is 0 Å². The molecule has 1 aliphatic rings. The molecule has 2 atom stereocenters. The lowest BCUT2D eigenvalue weighted by molar-refractivity contribution is 0.0992. The molecule has 1 aromatic carbocycles. The highest BCUT2D eigenvalue weighted by atomic mass is 35.5. The van der Waals surface area contributed by atoms with Gasteiger partial charge in [0.15, 0.2) is 5.78 Å². The minimum atomic E-state index is -3.45. The molecule has 0 heterocycles. The maximum Gasteiger partial charge on any atom is 0.440 e. The number of ketones is 1. The molecule has 0 saturated heterocycles. The van der Waals surface area contributed by atoms with Crippen LogP contribution in [-0.2, 0) is 9.09 Å². The number of hydrogen-bond donors (Lipinski definition) is 0. The van der Waals surface area contributed by atoms with Crippen LogP contribution in [0.5, 0.6) is 5.75 Å². The van der Waals surface area contributed by atoms with Gasteiger partial charge < -0.3 is 4.52 Å². The number of halogens is 2. The Morgan fingerprint density at radius 1 is 1.48 bits per heavy atom. The minimum Gasteiger partial charge on any atom is -0.416 e. The molecule has 2 rings (SSSR count). The van der Waals surface area contributed by atoms with Crippen molar-refractivity contribution in [2.75, 3.05) is 12.4 Å². The Kier molecular flexibility index (Phi) is 7.91. The summed E-state index contributed by atoms with van der Waals surface area (Å²) in [5, 5.41) is -0.0779. The Hall–Kier alpha value is -0.450. The molecule has 0 saturated carbocycles. The lowest BCUT2D eigenvalue weighted by Gasteiger charge is -2.20. The van der Waals surface area contributed by atoms with E-state index in [0.29, 0.717) is 34.9 Å².